The van der Waals surface area contributed by atoms with Gasteiger partial charge in [0.2, 0.25) is 11.8 Å². The number of aromatic nitrogens is 2. The van der Waals surface area contributed by atoms with Gasteiger partial charge in [-0.1, -0.05) is 30.3 Å². The smallest absolute Gasteiger partial charge is 0.288 e. The predicted molar refractivity (Wildman–Crippen MR) is 107 cm³/mol. The van der Waals surface area contributed by atoms with Crippen LogP contribution in [0.4, 0.5) is 4.39 Å². The lowest BCUT2D eigenvalue weighted by Crippen LogP contribution is -2.43. The first-order chi connectivity index (χ1) is 14.4. The molecule has 1 atom stereocenters. The molecule has 30 heavy (non-hydrogen) atoms. The Labute approximate surface area is 172 Å². The number of carbonyl (C=O) groups is 3. The van der Waals surface area contributed by atoms with Crippen molar-refractivity contribution in [3.05, 3.63) is 84.2 Å². The molecule has 1 heterocycles. The van der Waals surface area contributed by atoms with Gasteiger partial charge in [0.15, 0.2) is 0 Å². The number of benzene rings is 2. The van der Waals surface area contributed by atoms with E-state index in [2.05, 4.69) is 21.2 Å². The Balaban J connectivity index is 1.63. The van der Waals surface area contributed by atoms with Crippen LogP contribution in [-0.4, -0.2) is 27.3 Å². The fraction of sp³-hybridized carbons (Fsp3) is 0.143. The highest BCUT2D eigenvalue weighted by atomic mass is 19.1. The maximum Gasteiger partial charge on any atom is 0.288 e. The van der Waals surface area contributed by atoms with Crippen LogP contribution >= 0.6 is 0 Å². The maximum absolute atomic E-state index is 13.1. The lowest BCUT2D eigenvalue weighted by molar-refractivity contribution is -0.123. The summed E-state index contributed by atoms with van der Waals surface area (Å²) in [6, 6.07) is 14.1. The third-order valence-electron chi connectivity index (χ3n) is 4.26. The van der Waals surface area contributed by atoms with Crippen molar-refractivity contribution in [3.63, 3.8) is 0 Å². The summed E-state index contributed by atoms with van der Waals surface area (Å²) in [5, 5.41) is 2.72. The third-order valence-corrected chi connectivity index (χ3v) is 4.26. The highest BCUT2D eigenvalue weighted by Gasteiger charge is 2.18. The zero-order valence-corrected chi connectivity index (χ0v) is 16.1. The van der Waals surface area contributed by atoms with E-state index in [1.54, 1.807) is 24.3 Å². The molecule has 154 valence electrons. The largest absolute Gasteiger partial charge is 0.349 e. The number of hydrogen-bond acceptors (Lipinski definition) is 4. The summed E-state index contributed by atoms with van der Waals surface area (Å²) >= 11 is 0. The number of halogens is 1. The molecular formula is C21H20FN5O3. The van der Waals surface area contributed by atoms with Gasteiger partial charge in [-0.2, -0.15) is 0 Å². The normalized spacial score (nSPS) is 11.4. The Bertz CT molecular complexity index is 1030. The van der Waals surface area contributed by atoms with Gasteiger partial charge in [0.05, 0.1) is 25.0 Å². The van der Waals surface area contributed by atoms with Crippen LogP contribution in [0.25, 0.3) is 5.69 Å². The number of nitrogens with one attached hydrogen (secondary N) is 3. The molecule has 0 radical (unpaired) electrons. The highest BCUT2D eigenvalue weighted by molar-refractivity contribution is 5.94. The van der Waals surface area contributed by atoms with E-state index < -0.39 is 23.7 Å². The molecule has 8 nitrogen and oxygen atoms in total. The van der Waals surface area contributed by atoms with Crippen LogP contribution < -0.4 is 16.2 Å². The molecule has 1 aromatic heterocycles. The summed E-state index contributed by atoms with van der Waals surface area (Å²) in [4.78, 5) is 40.2. The summed E-state index contributed by atoms with van der Waals surface area (Å²) in [6.07, 6.45) is 2.67. The fourth-order valence-electron chi connectivity index (χ4n) is 2.88. The van der Waals surface area contributed by atoms with Gasteiger partial charge in [-0.05, 0) is 29.8 Å². The lowest BCUT2D eigenvalue weighted by atomic mass is 10.0. The Morgan fingerprint density at radius 3 is 2.40 bits per heavy atom. The van der Waals surface area contributed by atoms with Gasteiger partial charge in [0.25, 0.3) is 5.91 Å². The molecule has 0 aliphatic rings. The van der Waals surface area contributed by atoms with Gasteiger partial charge in [0.1, 0.15) is 11.5 Å². The van der Waals surface area contributed by atoms with E-state index in [0.29, 0.717) is 5.69 Å². The topological polar surface area (TPSA) is 105 Å². The van der Waals surface area contributed by atoms with Gasteiger partial charge < -0.3 is 5.32 Å². The zero-order chi connectivity index (χ0) is 21.5. The Hall–Kier alpha value is -4.01. The molecule has 3 aromatic rings. The first-order valence-corrected chi connectivity index (χ1v) is 9.13. The minimum atomic E-state index is -0.596. The first-order valence-electron chi connectivity index (χ1n) is 9.13. The Morgan fingerprint density at radius 2 is 1.73 bits per heavy atom. The van der Waals surface area contributed by atoms with Crippen molar-refractivity contribution in [3.8, 4) is 5.69 Å². The molecule has 0 saturated heterocycles. The minimum absolute atomic E-state index is 0.0684. The number of hydrogen-bond donors (Lipinski definition) is 3. The zero-order valence-electron chi connectivity index (χ0n) is 16.1. The number of carbonyl (C=O) groups excluding carboxylic acids is 3. The van der Waals surface area contributed by atoms with E-state index in [9.17, 15) is 18.8 Å². The highest BCUT2D eigenvalue weighted by Crippen LogP contribution is 2.16. The second-order valence-electron chi connectivity index (χ2n) is 6.50. The van der Waals surface area contributed by atoms with E-state index in [4.69, 9.17) is 0 Å². The molecule has 0 spiro atoms. The molecule has 3 rings (SSSR count). The summed E-state index contributed by atoms with van der Waals surface area (Å²) in [7, 11) is 0. The quantitative estimate of drug-likeness (QED) is 0.542. The van der Waals surface area contributed by atoms with Crippen LogP contribution in [0.2, 0.25) is 0 Å². The first kappa shape index (κ1) is 20.7. The molecule has 0 bridgehead atoms. The number of nitrogens with zero attached hydrogens (tertiary/aromatic N) is 2. The van der Waals surface area contributed by atoms with Crippen molar-refractivity contribution in [1.29, 1.82) is 0 Å². The van der Waals surface area contributed by atoms with Gasteiger partial charge in [0, 0.05) is 12.6 Å². The van der Waals surface area contributed by atoms with Crippen molar-refractivity contribution >= 4 is 17.7 Å². The third kappa shape index (κ3) is 5.28. The molecule has 2 aromatic carbocycles. The molecule has 3 amide bonds. The maximum atomic E-state index is 13.1. The standard InChI is InChI=1S/C21H20FN5O3/c1-14(28)24-18(15-5-3-2-4-6-15)11-20(29)25-26-21(30)19-12-23-13-27(19)17-9-7-16(22)8-10-17/h2-10,12-13,18H,11H2,1H3,(H,24,28)(H,25,29)(H,26,30)/t18-/m0/s1. The monoisotopic (exact) mass is 409 g/mol. The molecule has 0 saturated carbocycles. The van der Waals surface area contributed by atoms with Gasteiger partial charge >= 0.3 is 0 Å². The van der Waals surface area contributed by atoms with Gasteiger partial charge in [-0.3, -0.25) is 29.8 Å². The van der Waals surface area contributed by atoms with Crippen LogP contribution in [0.5, 0.6) is 0 Å². The van der Waals surface area contributed by atoms with Gasteiger partial charge in [-0.25, -0.2) is 9.37 Å². The second-order valence-corrected chi connectivity index (χ2v) is 6.50. The minimum Gasteiger partial charge on any atom is -0.349 e. The van der Waals surface area contributed by atoms with Crippen molar-refractivity contribution in [2.75, 3.05) is 0 Å². The van der Waals surface area contributed by atoms with E-state index in [1.807, 2.05) is 6.07 Å². The van der Waals surface area contributed by atoms with E-state index in [1.165, 1.54) is 48.3 Å². The van der Waals surface area contributed by atoms with Crippen LogP contribution in [-0.2, 0) is 9.59 Å². The molecule has 3 N–H and O–H groups in total. The molecule has 0 aliphatic carbocycles. The number of rotatable bonds is 6. The molecule has 9 heteroatoms. The number of imidazole rings is 1. The van der Waals surface area contributed by atoms with Crippen LogP contribution in [0.1, 0.15) is 35.4 Å². The van der Waals surface area contributed by atoms with E-state index >= 15 is 0 Å². The average Bonchev–Trinajstić information content (AvgIpc) is 3.22. The summed E-state index contributed by atoms with van der Waals surface area (Å²) < 4.78 is 14.6. The number of amides is 3. The fourth-order valence-corrected chi connectivity index (χ4v) is 2.88. The SMILES string of the molecule is CC(=O)N[C@@H](CC(=O)NNC(=O)c1cncn1-c1ccc(F)cc1)c1ccccc1. The van der Waals surface area contributed by atoms with Crippen LogP contribution in [0, 0.1) is 5.82 Å². The summed E-state index contributed by atoms with van der Waals surface area (Å²) in [6.45, 7) is 1.37. The van der Waals surface area contributed by atoms with E-state index in [0.717, 1.165) is 5.56 Å². The average molecular weight is 409 g/mol. The summed E-state index contributed by atoms with van der Waals surface area (Å²) in [5.74, 6) is -1.76. The van der Waals surface area contributed by atoms with Crippen LogP contribution in [0.15, 0.2) is 67.1 Å². The summed E-state index contributed by atoms with van der Waals surface area (Å²) in [5.41, 5.74) is 6.14. The van der Waals surface area contributed by atoms with Gasteiger partial charge in [-0.15, -0.1) is 0 Å². The Morgan fingerprint density at radius 1 is 1.03 bits per heavy atom. The lowest BCUT2D eigenvalue weighted by Gasteiger charge is -2.18. The second kappa shape index (κ2) is 9.46. The van der Waals surface area contributed by atoms with Crippen molar-refractivity contribution in [2.24, 2.45) is 0 Å². The molecule has 0 fully saturated rings. The van der Waals surface area contributed by atoms with Crippen molar-refractivity contribution < 1.29 is 18.8 Å². The molecular weight excluding hydrogens is 389 g/mol. The molecule has 0 unspecified atom stereocenters. The van der Waals surface area contributed by atoms with E-state index in [-0.39, 0.29) is 18.0 Å². The van der Waals surface area contributed by atoms with Crippen molar-refractivity contribution in [1.82, 2.24) is 25.7 Å². The molecule has 0 aliphatic heterocycles. The Kier molecular flexibility index (Phi) is 6.53. The van der Waals surface area contributed by atoms with Crippen LogP contribution in [0.3, 0.4) is 0 Å². The predicted octanol–water partition coefficient (Wildman–Crippen LogP) is 2.04. The number of hydrazine groups is 1. The van der Waals surface area contributed by atoms with Crippen molar-refractivity contribution in [2.45, 2.75) is 19.4 Å².